The van der Waals surface area contributed by atoms with Crippen LogP contribution in [0.5, 0.6) is 0 Å². The van der Waals surface area contributed by atoms with E-state index in [2.05, 4.69) is 25.0 Å². The van der Waals surface area contributed by atoms with Gasteiger partial charge in [0.25, 0.3) is 0 Å². The van der Waals surface area contributed by atoms with E-state index in [0.717, 1.165) is 42.4 Å². The lowest BCUT2D eigenvalue weighted by atomic mass is 9.98. The van der Waals surface area contributed by atoms with Crippen molar-refractivity contribution in [2.45, 2.75) is 18.6 Å². The van der Waals surface area contributed by atoms with Crippen LogP contribution in [0.1, 0.15) is 18.4 Å². The Morgan fingerprint density at radius 2 is 1.91 bits per heavy atom. The SMILES string of the molecule is [N-]=[N+]=NCC1CCN(n2cnc3cnc4c(ccn4S(=O)(=O)Cc4ccccc4)c32)CC1. The van der Waals surface area contributed by atoms with Crippen LogP contribution in [0.25, 0.3) is 32.5 Å². The van der Waals surface area contributed by atoms with Crippen LogP contribution in [0, 0.1) is 5.92 Å². The monoisotopic (exact) mass is 450 g/mol. The van der Waals surface area contributed by atoms with E-state index in [1.165, 1.54) is 3.97 Å². The Labute approximate surface area is 184 Å². The van der Waals surface area contributed by atoms with Gasteiger partial charge in [-0.3, -0.25) is 0 Å². The molecule has 0 aliphatic carbocycles. The van der Waals surface area contributed by atoms with E-state index in [9.17, 15) is 8.42 Å². The fourth-order valence-electron chi connectivity index (χ4n) is 4.31. The zero-order chi connectivity index (χ0) is 22.1. The smallest absolute Gasteiger partial charge is 0.244 e. The molecule has 1 aromatic carbocycles. The van der Waals surface area contributed by atoms with Crippen molar-refractivity contribution in [3.63, 3.8) is 0 Å². The van der Waals surface area contributed by atoms with Crippen molar-refractivity contribution in [2.24, 2.45) is 11.0 Å². The maximum Gasteiger partial charge on any atom is 0.244 e. The first-order valence-electron chi connectivity index (χ1n) is 10.4. The molecule has 3 aromatic heterocycles. The number of fused-ring (bicyclic) bond motifs is 3. The molecule has 0 N–H and O–H groups in total. The van der Waals surface area contributed by atoms with E-state index < -0.39 is 10.0 Å². The highest BCUT2D eigenvalue weighted by molar-refractivity contribution is 7.89. The minimum atomic E-state index is -3.63. The van der Waals surface area contributed by atoms with E-state index in [1.54, 1.807) is 36.9 Å². The predicted molar refractivity (Wildman–Crippen MR) is 122 cm³/mol. The number of aromatic nitrogens is 4. The lowest BCUT2D eigenvalue weighted by Crippen LogP contribution is -2.41. The van der Waals surface area contributed by atoms with E-state index in [0.29, 0.717) is 23.6 Å². The van der Waals surface area contributed by atoms with E-state index in [-0.39, 0.29) is 5.75 Å². The third-order valence-corrected chi connectivity index (χ3v) is 7.55. The van der Waals surface area contributed by atoms with Gasteiger partial charge < -0.3 is 5.01 Å². The van der Waals surface area contributed by atoms with E-state index in [1.807, 2.05) is 22.9 Å². The zero-order valence-corrected chi connectivity index (χ0v) is 18.1. The number of piperidine rings is 1. The largest absolute Gasteiger partial charge is 0.311 e. The number of benzene rings is 1. The average molecular weight is 451 g/mol. The van der Waals surface area contributed by atoms with Gasteiger partial charge in [0.2, 0.25) is 10.0 Å². The molecule has 0 bridgehead atoms. The van der Waals surface area contributed by atoms with Gasteiger partial charge in [-0.05, 0) is 35.9 Å². The average Bonchev–Trinajstić information content (AvgIpc) is 3.43. The maximum atomic E-state index is 13.1. The van der Waals surface area contributed by atoms with Gasteiger partial charge >= 0.3 is 0 Å². The number of rotatable bonds is 6. The Hall–Kier alpha value is -3.56. The zero-order valence-electron chi connectivity index (χ0n) is 17.3. The van der Waals surface area contributed by atoms with Crippen LogP contribution in [0.15, 0.2) is 60.2 Å². The van der Waals surface area contributed by atoms with Crippen LogP contribution in [0.4, 0.5) is 0 Å². The molecular weight excluding hydrogens is 428 g/mol. The van der Waals surface area contributed by atoms with Crippen molar-refractivity contribution in [1.29, 1.82) is 0 Å². The summed E-state index contributed by atoms with van der Waals surface area (Å²) in [5.74, 6) is 0.276. The highest BCUT2D eigenvalue weighted by Crippen LogP contribution is 2.27. The summed E-state index contributed by atoms with van der Waals surface area (Å²) >= 11 is 0. The molecule has 4 aromatic rings. The molecule has 5 rings (SSSR count). The number of imidazole rings is 1. The van der Waals surface area contributed by atoms with Gasteiger partial charge in [0.15, 0.2) is 5.65 Å². The molecule has 1 saturated heterocycles. The van der Waals surface area contributed by atoms with Gasteiger partial charge in [-0.2, -0.15) is 0 Å². The molecule has 0 amide bonds. The first-order chi connectivity index (χ1) is 15.6. The standard InChI is InChI=1S/C21H22N8O2S/c22-26-25-12-16-6-9-27(10-7-16)28-15-24-19-13-23-21-18(20(19)28)8-11-29(21)32(30,31)14-17-4-2-1-3-5-17/h1-5,8,11,13,15-16H,6-7,9-10,12,14H2. The lowest BCUT2D eigenvalue weighted by Gasteiger charge is -2.33. The minimum Gasteiger partial charge on any atom is -0.311 e. The fraction of sp³-hybridized carbons (Fsp3) is 0.333. The molecule has 1 fully saturated rings. The van der Waals surface area contributed by atoms with Gasteiger partial charge in [0.1, 0.15) is 17.4 Å². The lowest BCUT2D eigenvalue weighted by molar-refractivity contribution is 0.373. The van der Waals surface area contributed by atoms with Crippen molar-refractivity contribution < 1.29 is 8.42 Å². The van der Waals surface area contributed by atoms with Crippen LogP contribution in [-0.4, -0.2) is 46.7 Å². The Bertz CT molecular complexity index is 1410. The fourth-order valence-corrected chi connectivity index (χ4v) is 5.72. The number of nitrogens with zero attached hydrogens (tertiary/aromatic N) is 8. The van der Waals surface area contributed by atoms with Gasteiger partial charge in [-0.15, -0.1) is 0 Å². The first kappa shape index (κ1) is 20.3. The molecule has 4 heterocycles. The highest BCUT2D eigenvalue weighted by Gasteiger charge is 2.23. The second kappa shape index (κ2) is 8.18. The van der Waals surface area contributed by atoms with Crippen molar-refractivity contribution in [3.8, 4) is 0 Å². The molecule has 1 aliphatic rings. The molecule has 10 nitrogen and oxygen atoms in total. The summed E-state index contributed by atoms with van der Waals surface area (Å²) in [5.41, 5.74) is 11.2. The third-order valence-electron chi connectivity index (χ3n) is 5.96. The molecule has 1 aliphatic heterocycles. The Morgan fingerprint density at radius 1 is 1.12 bits per heavy atom. The van der Waals surface area contributed by atoms with Gasteiger partial charge in [0, 0.05) is 36.1 Å². The molecule has 0 spiro atoms. The van der Waals surface area contributed by atoms with E-state index >= 15 is 0 Å². The van der Waals surface area contributed by atoms with Gasteiger partial charge in [-0.1, -0.05) is 35.4 Å². The summed E-state index contributed by atoms with van der Waals surface area (Å²) in [5, 5.41) is 6.64. The quantitative estimate of drug-likeness (QED) is 0.253. The van der Waals surface area contributed by atoms with Crippen molar-refractivity contribution >= 4 is 32.1 Å². The molecule has 0 radical (unpaired) electrons. The summed E-state index contributed by atoms with van der Waals surface area (Å²) in [6, 6.07) is 10.9. The van der Waals surface area contributed by atoms with Gasteiger partial charge in [0.05, 0.1) is 11.9 Å². The van der Waals surface area contributed by atoms with Crippen LogP contribution < -0.4 is 5.01 Å². The molecule has 0 saturated carbocycles. The highest BCUT2D eigenvalue weighted by atomic mass is 32.2. The van der Waals surface area contributed by atoms with Crippen LogP contribution in [0.2, 0.25) is 0 Å². The molecule has 0 atom stereocenters. The number of hydrogen-bond acceptors (Lipinski definition) is 6. The Balaban J connectivity index is 1.49. The number of azide groups is 1. The molecule has 11 heteroatoms. The van der Waals surface area contributed by atoms with Gasteiger partial charge in [-0.25, -0.2) is 27.0 Å². The summed E-state index contributed by atoms with van der Waals surface area (Å²) in [4.78, 5) is 11.8. The van der Waals surface area contributed by atoms with Crippen molar-refractivity contribution in [2.75, 3.05) is 24.6 Å². The third kappa shape index (κ3) is 3.65. The van der Waals surface area contributed by atoms with E-state index in [4.69, 9.17) is 5.53 Å². The summed E-state index contributed by atoms with van der Waals surface area (Å²) in [6.45, 7) is 2.12. The Kier molecular flexibility index (Phi) is 5.20. The minimum absolute atomic E-state index is 0.102. The maximum absolute atomic E-state index is 13.1. The van der Waals surface area contributed by atoms with Crippen LogP contribution >= 0.6 is 0 Å². The first-order valence-corrected chi connectivity index (χ1v) is 12.0. The number of pyridine rings is 1. The molecule has 164 valence electrons. The summed E-state index contributed by atoms with van der Waals surface area (Å²) in [6.07, 6.45) is 6.78. The molecular formula is C21H22N8O2S. The second-order valence-corrected chi connectivity index (χ2v) is 9.83. The second-order valence-electron chi connectivity index (χ2n) is 7.98. The van der Waals surface area contributed by atoms with Crippen LogP contribution in [0.3, 0.4) is 0 Å². The normalized spacial score (nSPS) is 15.3. The van der Waals surface area contributed by atoms with Crippen molar-refractivity contribution in [3.05, 3.63) is 71.1 Å². The predicted octanol–water partition coefficient (Wildman–Crippen LogP) is 3.42. The molecule has 32 heavy (non-hydrogen) atoms. The van der Waals surface area contributed by atoms with Crippen LogP contribution in [-0.2, 0) is 15.8 Å². The number of hydrogen-bond donors (Lipinski definition) is 0. The summed E-state index contributed by atoms with van der Waals surface area (Å²) < 4.78 is 29.5. The van der Waals surface area contributed by atoms with Crippen molar-refractivity contribution in [1.82, 2.24) is 18.6 Å². The molecule has 0 unspecified atom stereocenters. The Morgan fingerprint density at radius 3 is 2.66 bits per heavy atom. The summed E-state index contributed by atoms with van der Waals surface area (Å²) in [7, 11) is -3.63. The topological polar surface area (TPSA) is 122 Å².